The third-order valence-corrected chi connectivity index (χ3v) is 9.39. The van der Waals surface area contributed by atoms with Crippen LogP contribution in [0.4, 0.5) is 0 Å². The van der Waals surface area contributed by atoms with Gasteiger partial charge in [0.25, 0.3) is 5.56 Å². The number of rotatable bonds is 9. The van der Waals surface area contributed by atoms with E-state index in [1.165, 1.54) is 10.8 Å². The number of fused-ring (bicyclic) bond motifs is 2. The van der Waals surface area contributed by atoms with E-state index in [1.807, 2.05) is 78.9 Å². The highest BCUT2D eigenvalue weighted by molar-refractivity contribution is 5.49. The number of hydrogen-bond donors (Lipinski definition) is 2. The molecule has 3 aromatic carbocycles. The highest BCUT2D eigenvalue weighted by atomic mass is 16.6. The standard InChI is InChI=1S/C35H38N2O7/c1-22-18-19-34(30(38)29(22)32(44-34)37-20-23(2)31(39)36-33(37)40)21-43-35(24-8-6-5-7-9-24,25-10-14-27(41-3)15-11-25)26-12-16-28(42-4)17-13-26/h5-17,20,22,29-30,32,38H,18-19,21H2,1-4H3,(H,36,39,40)/t22-,29+,30-,32+,34+/m0/s1. The van der Waals surface area contributed by atoms with Crippen LogP contribution >= 0.6 is 0 Å². The number of aryl methyl sites for hydroxylation is 1. The molecule has 1 aliphatic heterocycles. The van der Waals surface area contributed by atoms with E-state index >= 15 is 0 Å². The number of nitrogens with one attached hydrogen (secondary N) is 1. The zero-order valence-corrected chi connectivity index (χ0v) is 25.4. The van der Waals surface area contributed by atoms with E-state index in [1.54, 1.807) is 21.1 Å². The largest absolute Gasteiger partial charge is 0.497 e. The molecule has 4 aromatic rings. The molecule has 0 amide bonds. The second kappa shape index (κ2) is 11.7. The summed E-state index contributed by atoms with van der Waals surface area (Å²) in [5.41, 5.74) is -0.182. The lowest BCUT2D eigenvalue weighted by atomic mass is 9.72. The molecule has 44 heavy (non-hydrogen) atoms. The molecule has 5 atom stereocenters. The van der Waals surface area contributed by atoms with Gasteiger partial charge in [0.05, 0.1) is 26.9 Å². The van der Waals surface area contributed by atoms with E-state index in [0.717, 1.165) is 23.1 Å². The molecule has 2 N–H and O–H groups in total. The molecule has 0 radical (unpaired) electrons. The molecule has 1 saturated carbocycles. The van der Waals surface area contributed by atoms with E-state index < -0.39 is 34.8 Å². The van der Waals surface area contributed by atoms with Crippen LogP contribution in [-0.2, 0) is 15.1 Å². The van der Waals surface area contributed by atoms with Gasteiger partial charge in [-0.15, -0.1) is 0 Å². The van der Waals surface area contributed by atoms with Crippen LogP contribution in [0.3, 0.4) is 0 Å². The van der Waals surface area contributed by atoms with Crippen molar-refractivity contribution < 1.29 is 24.1 Å². The molecule has 2 heterocycles. The molecule has 0 unspecified atom stereocenters. The molecule has 9 heteroatoms. The van der Waals surface area contributed by atoms with Crippen molar-refractivity contribution in [1.29, 1.82) is 0 Å². The Labute approximate surface area is 256 Å². The molecule has 2 bridgehead atoms. The van der Waals surface area contributed by atoms with Gasteiger partial charge in [0.2, 0.25) is 0 Å². The molecule has 1 aromatic heterocycles. The minimum atomic E-state index is -1.10. The van der Waals surface area contributed by atoms with Crippen molar-refractivity contribution in [3.05, 3.63) is 128 Å². The number of ether oxygens (including phenoxy) is 4. The van der Waals surface area contributed by atoms with E-state index in [0.29, 0.717) is 23.5 Å². The van der Waals surface area contributed by atoms with Crippen molar-refractivity contribution in [2.45, 2.75) is 50.2 Å². The molecule has 6 rings (SSSR count). The molecular weight excluding hydrogens is 560 g/mol. The number of hydrogen-bond acceptors (Lipinski definition) is 7. The van der Waals surface area contributed by atoms with E-state index in [-0.39, 0.29) is 18.4 Å². The van der Waals surface area contributed by atoms with Crippen LogP contribution < -0.4 is 20.7 Å². The fourth-order valence-electron chi connectivity index (χ4n) is 6.87. The maximum atomic E-state index is 13.0. The lowest BCUT2D eigenvalue weighted by Crippen LogP contribution is -2.51. The van der Waals surface area contributed by atoms with E-state index in [2.05, 4.69) is 11.9 Å². The normalized spacial score (nSPS) is 24.7. The first-order valence-electron chi connectivity index (χ1n) is 14.9. The van der Waals surface area contributed by atoms with Gasteiger partial charge in [-0.2, -0.15) is 0 Å². The van der Waals surface area contributed by atoms with E-state index in [4.69, 9.17) is 18.9 Å². The third-order valence-electron chi connectivity index (χ3n) is 9.39. The van der Waals surface area contributed by atoms with Crippen LogP contribution in [0, 0.1) is 18.8 Å². The smallest absolute Gasteiger partial charge is 0.330 e. The average Bonchev–Trinajstić information content (AvgIpc) is 3.24. The fraction of sp³-hybridized carbons (Fsp3) is 0.371. The highest BCUT2D eigenvalue weighted by Crippen LogP contribution is 2.54. The van der Waals surface area contributed by atoms with Crippen LogP contribution in [0.15, 0.2) is 94.6 Å². The quantitative estimate of drug-likeness (QED) is 0.272. The average molecular weight is 599 g/mol. The molecule has 2 aliphatic rings. The monoisotopic (exact) mass is 598 g/mol. The topological polar surface area (TPSA) is 112 Å². The van der Waals surface area contributed by atoms with Crippen molar-refractivity contribution >= 4 is 0 Å². The summed E-state index contributed by atoms with van der Waals surface area (Å²) < 4.78 is 26.2. The highest BCUT2D eigenvalue weighted by Gasteiger charge is 2.60. The van der Waals surface area contributed by atoms with Crippen LogP contribution in [-0.4, -0.2) is 47.2 Å². The first-order valence-corrected chi connectivity index (χ1v) is 14.9. The van der Waals surface area contributed by atoms with Crippen LogP contribution in [0.1, 0.15) is 48.2 Å². The molecule has 1 aliphatic carbocycles. The lowest BCUT2D eigenvalue weighted by Gasteiger charge is -2.42. The number of aliphatic hydroxyl groups is 1. The summed E-state index contributed by atoms with van der Waals surface area (Å²) in [4.78, 5) is 27.5. The Morgan fingerprint density at radius 1 is 0.932 bits per heavy atom. The summed E-state index contributed by atoms with van der Waals surface area (Å²) in [5, 5.41) is 11.9. The number of nitrogens with zero attached hydrogens (tertiary/aromatic N) is 1. The van der Waals surface area contributed by atoms with Crippen molar-refractivity contribution in [1.82, 2.24) is 9.55 Å². The summed E-state index contributed by atoms with van der Waals surface area (Å²) in [6, 6.07) is 25.5. The Balaban J connectivity index is 1.47. The van der Waals surface area contributed by atoms with Gasteiger partial charge in [-0.05, 0) is 66.6 Å². The van der Waals surface area contributed by atoms with Crippen LogP contribution in [0.2, 0.25) is 0 Å². The third kappa shape index (κ3) is 4.95. The summed E-state index contributed by atoms with van der Waals surface area (Å²) >= 11 is 0. The first kappa shape index (κ1) is 29.9. The number of aliphatic hydroxyl groups excluding tert-OH is 1. The predicted octanol–water partition coefficient (Wildman–Crippen LogP) is 4.55. The summed E-state index contributed by atoms with van der Waals surface area (Å²) in [5.74, 6) is 1.13. The van der Waals surface area contributed by atoms with Crippen molar-refractivity contribution in [2.24, 2.45) is 11.8 Å². The molecule has 2 fully saturated rings. The van der Waals surface area contributed by atoms with Gasteiger partial charge in [-0.25, -0.2) is 4.79 Å². The fourth-order valence-corrected chi connectivity index (χ4v) is 6.87. The number of benzene rings is 3. The maximum absolute atomic E-state index is 13.0. The second-order valence-electron chi connectivity index (χ2n) is 11.9. The SMILES string of the molecule is COc1ccc(C(OC[C@@]23CC[C@H](C)[C@@H]([C@H](n4cc(C)c(=O)[nH]c4=O)O2)[C@@H]3O)(c2ccccc2)c2ccc(OC)cc2)cc1. The Hall–Kier alpha value is -4.18. The van der Waals surface area contributed by atoms with Gasteiger partial charge < -0.3 is 24.1 Å². The Morgan fingerprint density at radius 3 is 2.07 bits per heavy atom. The summed E-state index contributed by atoms with van der Waals surface area (Å²) in [7, 11) is 3.26. The van der Waals surface area contributed by atoms with Crippen molar-refractivity contribution in [2.75, 3.05) is 20.8 Å². The number of H-pyrrole nitrogens is 1. The van der Waals surface area contributed by atoms with E-state index in [9.17, 15) is 14.7 Å². The maximum Gasteiger partial charge on any atom is 0.330 e. The molecule has 0 spiro atoms. The number of aromatic amines is 1. The number of methoxy groups -OCH3 is 2. The molecular formula is C35H38N2O7. The van der Waals surface area contributed by atoms with Gasteiger partial charge in [0.1, 0.15) is 28.9 Å². The number of aromatic nitrogens is 2. The Kier molecular flexibility index (Phi) is 7.96. The Bertz CT molecular complexity index is 1670. The predicted molar refractivity (Wildman–Crippen MR) is 165 cm³/mol. The van der Waals surface area contributed by atoms with Crippen molar-refractivity contribution in [3.63, 3.8) is 0 Å². The van der Waals surface area contributed by atoms with Crippen molar-refractivity contribution in [3.8, 4) is 11.5 Å². The van der Waals surface area contributed by atoms with Crippen LogP contribution in [0.25, 0.3) is 0 Å². The van der Waals surface area contributed by atoms with Gasteiger partial charge >= 0.3 is 5.69 Å². The minimum Gasteiger partial charge on any atom is -0.497 e. The first-order chi connectivity index (χ1) is 21.2. The molecule has 9 nitrogen and oxygen atoms in total. The Morgan fingerprint density at radius 2 is 1.50 bits per heavy atom. The van der Waals surface area contributed by atoms with Crippen LogP contribution in [0.5, 0.6) is 11.5 Å². The molecule has 1 saturated heterocycles. The lowest BCUT2D eigenvalue weighted by molar-refractivity contribution is -0.165. The van der Waals surface area contributed by atoms with Gasteiger partial charge in [-0.3, -0.25) is 14.3 Å². The zero-order valence-electron chi connectivity index (χ0n) is 25.4. The van der Waals surface area contributed by atoms with Gasteiger partial charge in [-0.1, -0.05) is 61.5 Å². The summed E-state index contributed by atoms with van der Waals surface area (Å²) in [6.45, 7) is 3.75. The molecule has 230 valence electrons. The minimum absolute atomic E-state index is 0.0396. The zero-order chi connectivity index (χ0) is 31.1. The van der Waals surface area contributed by atoms with Gasteiger partial charge in [0.15, 0.2) is 0 Å². The summed E-state index contributed by atoms with van der Waals surface area (Å²) in [6.07, 6.45) is 1.17. The second-order valence-corrected chi connectivity index (χ2v) is 11.9. The van der Waals surface area contributed by atoms with Gasteiger partial charge in [0, 0.05) is 17.7 Å².